The van der Waals surface area contributed by atoms with Gasteiger partial charge in [-0.2, -0.15) is 5.10 Å². The SMILES string of the molecule is O=C(Nc1ccccc1C(=O)NN=Cc1ccc(O)cc1)c1ccccc1. The maximum absolute atomic E-state index is 12.4. The van der Waals surface area contributed by atoms with Gasteiger partial charge < -0.3 is 10.4 Å². The van der Waals surface area contributed by atoms with Crippen molar-refractivity contribution in [3.05, 3.63) is 95.6 Å². The van der Waals surface area contributed by atoms with Gasteiger partial charge in [0, 0.05) is 5.56 Å². The largest absolute Gasteiger partial charge is 0.508 e. The normalized spacial score (nSPS) is 10.5. The van der Waals surface area contributed by atoms with Crippen molar-refractivity contribution in [3.8, 4) is 5.75 Å². The van der Waals surface area contributed by atoms with Gasteiger partial charge in [-0.05, 0) is 54.1 Å². The van der Waals surface area contributed by atoms with Crippen molar-refractivity contribution in [3.63, 3.8) is 0 Å². The lowest BCUT2D eigenvalue weighted by molar-refractivity contribution is 0.0956. The molecule has 0 fully saturated rings. The summed E-state index contributed by atoms with van der Waals surface area (Å²) < 4.78 is 0. The Hall–Kier alpha value is -3.93. The molecule has 2 amide bonds. The van der Waals surface area contributed by atoms with Crippen LogP contribution in [0.5, 0.6) is 5.75 Å². The fourth-order valence-electron chi connectivity index (χ4n) is 2.36. The first-order chi connectivity index (χ1) is 13.1. The first kappa shape index (κ1) is 17.9. The molecule has 0 heterocycles. The molecule has 0 saturated carbocycles. The summed E-state index contributed by atoms with van der Waals surface area (Å²) in [5, 5.41) is 15.9. The Bertz CT molecular complexity index is 967. The molecular formula is C21H17N3O3. The molecule has 134 valence electrons. The van der Waals surface area contributed by atoms with Gasteiger partial charge in [0.1, 0.15) is 5.75 Å². The van der Waals surface area contributed by atoms with Crippen molar-refractivity contribution in [1.82, 2.24) is 5.43 Å². The number of carbonyl (C=O) groups excluding carboxylic acids is 2. The highest BCUT2D eigenvalue weighted by Gasteiger charge is 2.13. The Labute approximate surface area is 156 Å². The fraction of sp³-hybridized carbons (Fsp3) is 0. The minimum Gasteiger partial charge on any atom is -0.508 e. The van der Waals surface area contributed by atoms with Gasteiger partial charge >= 0.3 is 0 Å². The Morgan fingerprint density at radius 2 is 1.48 bits per heavy atom. The van der Waals surface area contributed by atoms with Crippen LogP contribution in [0.1, 0.15) is 26.3 Å². The van der Waals surface area contributed by atoms with Crippen molar-refractivity contribution >= 4 is 23.7 Å². The summed E-state index contributed by atoms with van der Waals surface area (Å²) in [4.78, 5) is 24.7. The topological polar surface area (TPSA) is 90.8 Å². The molecule has 3 rings (SSSR count). The van der Waals surface area contributed by atoms with Crippen molar-refractivity contribution in [2.75, 3.05) is 5.32 Å². The average Bonchev–Trinajstić information content (AvgIpc) is 2.70. The minimum atomic E-state index is -0.450. The van der Waals surface area contributed by atoms with Gasteiger partial charge in [-0.15, -0.1) is 0 Å². The molecule has 0 atom stereocenters. The summed E-state index contributed by atoms with van der Waals surface area (Å²) in [6.45, 7) is 0. The number of carbonyl (C=O) groups is 2. The lowest BCUT2D eigenvalue weighted by atomic mass is 10.1. The van der Waals surface area contributed by atoms with Gasteiger partial charge in [0.25, 0.3) is 11.8 Å². The van der Waals surface area contributed by atoms with E-state index in [1.54, 1.807) is 60.7 Å². The molecule has 0 saturated heterocycles. The van der Waals surface area contributed by atoms with Gasteiger partial charge in [0.2, 0.25) is 0 Å². The van der Waals surface area contributed by atoms with Crippen LogP contribution in [0.25, 0.3) is 0 Å². The van der Waals surface area contributed by atoms with Crippen LogP contribution in [0, 0.1) is 0 Å². The van der Waals surface area contributed by atoms with Crippen LogP contribution in [0.15, 0.2) is 84.0 Å². The molecule has 0 aliphatic rings. The molecule has 0 aliphatic heterocycles. The van der Waals surface area contributed by atoms with Crippen LogP contribution in [-0.4, -0.2) is 23.1 Å². The van der Waals surface area contributed by atoms with E-state index in [9.17, 15) is 14.7 Å². The van der Waals surface area contributed by atoms with Crippen molar-refractivity contribution in [2.24, 2.45) is 5.10 Å². The quantitative estimate of drug-likeness (QED) is 0.482. The smallest absolute Gasteiger partial charge is 0.273 e. The summed E-state index contributed by atoms with van der Waals surface area (Å²) in [6, 6.07) is 21.8. The first-order valence-electron chi connectivity index (χ1n) is 8.21. The summed E-state index contributed by atoms with van der Waals surface area (Å²) in [6.07, 6.45) is 1.46. The number of benzene rings is 3. The molecule has 6 nitrogen and oxygen atoms in total. The lowest BCUT2D eigenvalue weighted by Crippen LogP contribution is -2.21. The maximum atomic E-state index is 12.4. The number of phenols is 1. The molecule has 3 aromatic rings. The summed E-state index contributed by atoms with van der Waals surface area (Å²) >= 11 is 0. The third-order valence-corrected chi connectivity index (χ3v) is 3.73. The highest BCUT2D eigenvalue weighted by molar-refractivity contribution is 6.09. The Balaban J connectivity index is 1.70. The predicted octanol–water partition coefficient (Wildman–Crippen LogP) is 3.41. The van der Waals surface area contributed by atoms with Crippen LogP contribution < -0.4 is 10.7 Å². The summed E-state index contributed by atoms with van der Waals surface area (Å²) in [5.41, 5.74) is 4.34. The molecule has 0 aliphatic carbocycles. The molecule has 0 bridgehead atoms. The van der Waals surface area contributed by atoms with Gasteiger partial charge in [-0.3, -0.25) is 9.59 Å². The van der Waals surface area contributed by atoms with Crippen LogP contribution in [-0.2, 0) is 0 Å². The van der Waals surface area contributed by atoms with Crippen molar-refractivity contribution < 1.29 is 14.7 Å². The van der Waals surface area contributed by atoms with Crippen molar-refractivity contribution in [1.29, 1.82) is 0 Å². The number of para-hydroxylation sites is 1. The number of hydrogen-bond acceptors (Lipinski definition) is 4. The Kier molecular flexibility index (Phi) is 5.59. The number of amides is 2. The second-order valence-electron chi connectivity index (χ2n) is 5.66. The fourth-order valence-corrected chi connectivity index (χ4v) is 2.36. The van der Waals surface area contributed by atoms with Crippen molar-refractivity contribution in [2.45, 2.75) is 0 Å². The van der Waals surface area contributed by atoms with E-state index in [0.717, 1.165) is 5.56 Å². The number of phenolic OH excluding ortho intramolecular Hbond substituents is 1. The average molecular weight is 359 g/mol. The van der Waals surface area contributed by atoms with E-state index in [0.29, 0.717) is 16.8 Å². The number of nitrogens with zero attached hydrogens (tertiary/aromatic N) is 1. The van der Waals surface area contributed by atoms with E-state index in [1.165, 1.54) is 18.3 Å². The first-order valence-corrected chi connectivity index (χ1v) is 8.21. The number of hydrazone groups is 1. The molecule has 0 spiro atoms. The lowest BCUT2D eigenvalue weighted by Gasteiger charge is -2.10. The van der Waals surface area contributed by atoms with Crippen LogP contribution >= 0.6 is 0 Å². The van der Waals surface area contributed by atoms with E-state index in [4.69, 9.17) is 0 Å². The number of anilines is 1. The minimum absolute atomic E-state index is 0.152. The van der Waals surface area contributed by atoms with E-state index in [-0.39, 0.29) is 11.7 Å². The zero-order chi connectivity index (χ0) is 19.1. The zero-order valence-electron chi connectivity index (χ0n) is 14.3. The van der Waals surface area contributed by atoms with E-state index in [1.807, 2.05) is 6.07 Å². The van der Waals surface area contributed by atoms with Gasteiger partial charge in [0.05, 0.1) is 17.5 Å². The molecule has 6 heteroatoms. The maximum Gasteiger partial charge on any atom is 0.273 e. The third-order valence-electron chi connectivity index (χ3n) is 3.73. The number of nitrogens with one attached hydrogen (secondary N) is 2. The molecule has 0 aromatic heterocycles. The monoisotopic (exact) mass is 359 g/mol. The highest BCUT2D eigenvalue weighted by atomic mass is 16.3. The van der Waals surface area contributed by atoms with E-state index >= 15 is 0 Å². The molecule has 0 unspecified atom stereocenters. The van der Waals surface area contributed by atoms with E-state index in [2.05, 4.69) is 15.8 Å². The molecule has 0 radical (unpaired) electrons. The molecule has 27 heavy (non-hydrogen) atoms. The Morgan fingerprint density at radius 1 is 0.815 bits per heavy atom. The third kappa shape index (κ3) is 4.79. The number of rotatable bonds is 5. The second kappa shape index (κ2) is 8.44. The van der Waals surface area contributed by atoms with E-state index < -0.39 is 5.91 Å². The molecule has 3 aromatic carbocycles. The number of hydrogen-bond donors (Lipinski definition) is 3. The van der Waals surface area contributed by atoms with Crippen LogP contribution in [0.2, 0.25) is 0 Å². The summed E-state index contributed by atoms with van der Waals surface area (Å²) in [7, 11) is 0. The van der Waals surface area contributed by atoms with Gasteiger partial charge in [-0.1, -0.05) is 30.3 Å². The van der Waals surface area contributed by atoms with Crippen LogP contribution in [0.4, 0.5) is 5.69 Å². The Morgan fingerprint density at radius 3 is 2.22 bits per heavy atom. The zero-order valence-corrected chi connectivity index (χ0v) is 14.3. The molecule has 3 N–H and O–H groups in total. The summed E-state index contributed by atoms with van der Waals surface area (Å²) in [5.74, 6) is -0.600. The van der Waals surface area contributed by atoms with Gasteiger partial charge in [0.15, 0.2) is 0 Å². The molecular weight excluding hydrogens is 342 g/mol. The predicted molar refractivity (Wildman–Crippen MR) is 104 cm³/mol. The second-order valence-corrected chi connectivity index (χ2v) is 5.66. The standard InChI is InChI=1S/C21H17N3O3/c25-17-12-10-15(11-13-17)14-22-24-21(27)18-8-4-5-9-19(18)23-20(26)16-6-2-1-3-7-16/h1-14,25H,(H,23,26)(H,24,27). The van der Waals surface area contributed by atoms with Gasteiger partial charge in [-0.25, -0.2) is 5.43 Å². The number of aromatic hydroxyl groups is 1. The highest BCUT2D eigenvalue weighted by Crippen LogP contribution is 2.16. The van der Waals surface area contributed by atoms with Crippen LogP contribution in [0.3, 0.4) is 0 Å².